The van der Waals surface area contributed by atoms with Crippen LogP contribution in [0, 0.1) is 0 Å². The van der Waals surface area contributed by atoms with E-state index in [0.29, 0.717) is 15.8 Å². The lowest BCUT2D eigenvalue weighted by Gasteiger charge is -2.09. The predicted octanol–water partition coefficient (Wildman–Crippen LogP) is 5.53. The molecule has 1 amide bonds. The fourth-order valence-corrected chi connectivity index (χ4v) is 3.89. The van der Waals surface area contributed by atoms with Crippen molar-refractivity contribution in [3.8, 4) is 5.75 Å². The van der Waals surface area contributed by atoms with E-state index in [1.54, 1.807) is 0 Å². The summed E-state index contributed by atoms with van der Waals surface area (Å²) in [5, 5.41) is 2.65. The summed E-state index contributed by atoms with van der Waals surface area (Å²) in [6.07, 6.45) is 0. The zero-order valence-electron chi connectivity index (χ0n) is 11.5. The quantitative estimate of drug-likeness (QED) is 0.667. The van der Waals surface area contributed by atoms with Gasteiger partial charge in [0, 0.05) is 16.3 Å². The molecule has 1 N–H and O–H groups in total. The van der Waals surface area contributed by atoms with Crippen LogP contribution in [-0.2, 0) is 10.5 Å². The second-order valence-corrected chi connectivity index (χ2v) is 7.46. The van der Waals surface area contributed by atoms with E-state index < -0.39 is 6.61 Å². The van der Waals surface area contributed by atoms with E-state index in [0.717, 1.165) is 4.88 Å². The fraction of sp³-hybridized carbons (Fsp3) is 0.214. The van der Waals surface area contributed by atoms with Crippen LogP contribution in [0.25, 0.3) is 0 Å². The van der Waals surface area contributed by atoms with E-state index in [1.807, 2.05) is 12.1 Å². The number of alkyl halides is 2. The molecule has 9 heteroatoms. The molecule has 23 heavy (non-hydrogen) atoms. The molecule has 0 atom stereocenters. The van der Waals surface area contributed by atoms with E-state index in [2.05, 4.69) is 10.1 Å². The van der Waals surface area contributed by atoms with Crippen molar-refractivity contribution in [1.82, 2.24) is 0 Å². The molecule has 2 rings (SSSR count). The number of thiophene rings is 1. The van der Waals surface area contributed by atoms with E-state index in [9.17, 15) is 13.6 Å². The van der Waals surface area contributed by atoms with Gasteiger partial charge in [0.05, 0.1) is 15.1 Å². The first-order valence-corrected chi connectivity index (χ1v) is 9.03. The highest BCUT2D eigenvalue weighted by atomic mass is 35.5. The maximum atomic E-state index is 12.1. The van der Waals surface area contributed by atoms with Crippen LogP contribution in [0.15, 0.2) is 30.3 Å². The van der Waals surface area contributed by atoms with Gasteiger partial charge in [0.15, 0.2) is 0 Å². The average molecular weight is 398 g/mol. The lowest BCUT2D eigenvalue weighted by atomic mass is 10.3. The van der Waals surface area contributed by atoms with Crippen molar-refractivity contribution in [2.75, 3.05) is 11.1 Å². The number of rotatable bonds is 7. The Labute approximate surface area is 149 Å². The molecule has 0 fully saturated rings. The molecule has 3 nitrogen and oxygen atoms in total. The number of benzene rings is 1. The highest BCUT2D eigenvalue weighted by Gasteiger charge is 2.10. The first-order chi connectivity index (χ1) is 10.9. The minimum absolute atomic E-state index is 0.00369. The Kier molecular flexibility index (Phi) is 6.95. The molecule has 1 aromatic carbocycles. The Hall–Kier alpha value is -1.02. The van der Waals surface area contributed by atoms with Crippen molar-refractivity contribution in [2.24, 2.45) is 0 Å². The Morgan fingerprint density at radius 3 is 2.70 bits per heavy atom. The molecule has 0 aliphatic heterocycles. The maximum absolute atomic E-state index is 12.1. The summed E-state index contributed by atoms with van der Waals surface area (Å²) in [5.74, 6) is 0.592. The van der Waals surface area contributed by atoms with Crippen LogP contribution < -0.4 is 10.1 Å². The van der Waals surface area contributed by atoms with Crippen LogP contribution in [-0.4, -0.2) is 18.3 Å². The van der Waals surface area contributed by atoms with Crippen LogP contribution in [0.4, 0.5) is 14.5 Å². The Balaban J connectivity index is 1.81. The van der Waals surface area contributed by atoms with Gasteiger partial charge in [-0.1, -0.05) is 23.2 Å². The summed E-state index contributed by atoms with van der Waals surface area (Å²) in [4.78, 5) is 12.9. The zero-order chi connectivity index (χ0) is 16.8. The molecule has 1 heterocycles. The number of nitrogens with one attached hydrogen (secondary N) is 1. The zero-order valence-corrected chi connectivity index (χ0v) is 14.7. The molecule has 0 saturated heterocycles. The van der Waals surface area contributed by atoms with E-state index >= 15 is 0 Å². The molecule has 0 aliphatic carbocycles. The number of anilines is 1. The van der Waals surface area contributed by atoms with E-state index in [4.69, 9.17) is 23.2 Å². The van der Waals surface area contributed by atoms with Gasteiger partial charge in [-0.15, -0.1) is 23.1 Å². The predicted molar refractivity (Wildman–Crippen MR) is 92.2 cm³/mol. The average Bonchev–Trinajstić information content (AvgIpc) is 2.87. The van der Waals surface area contributed by atoms with Crippen LogP contribution in [0.5, 0.6) is 5.75 Å². The standard InChI is InChI=1S/C14H11Cl2F2NO2S2/c15-10-5-8(1-3-11(10)21-14(17)18)19-13(20)7-22-6-9-2-4-12(16)23-9/h1-5,14H,6-7H2,(H,19,20). The number of amides is 1. The summed E-state index contributed by atoms with van der Waals surface area (Å²) in [6, 6.07) is 7.82. The molecule has 0 saturated carbocycles. The highest BCUT2D eigenvalue weighted by molar-refractivity contribution is 7.99. The third-order valence-corrected chi connectivity index (χ3v) is 5.23. The van der Waals surface area contributed by atoms with E-state index in [1.165, 1.54) is 41.3 Å². The highest BCUT2D eigenvalue weighted by Crippen LogP contribution is 2.29. The molecular weight excluding hydrogens is 387 g/mol. The Morgan fingerprint density at radius 1 is 1.30 bits per heavy atom. The molecular formula is C14H11Cl2F2NO2S2. The minimum Gasteiger partial charge on any atom is -0.433 e. The number of ether oxygens (including phenoxy) is 1. The normalized spacial score (nSPS) is 10.8. The monoisotopic (exact) mass is 397 g/mol. The summed E-state index contributed by atoms with van der Waals surface area (Å²) >= 11 is 14.6. The molecule has 124 valence electrons. The van der Waals surface area contributed by atoms with Crippen molar-refractivity contribution in [1.29, 1.82) is 0 Å². The van der Waals surface area contributed by atoms with Gasteiger partial charge in [-0.25, -0.2) is 0 Å². The van der Waals surface area contributed by atoms with Crippen molar-refractivity contribution in [3.63, 3.8) is 0 Å². The van der Waals surface area contributed by atoms with Crippen LogP contribution in [0.1, 0.15) is 4.88 Å². The SMILES string of the molecule is O=C(CSCc1ccc(Cl)s1)Nc1ccc(OC(F)F)c(Cl)c1. The van der Waals surface area contributed by atoms with Gasteiger partial charge in [0.25, 0.3) is 0 Å². The Morgan fingerprint density at radius 2 is 2.09 bits per heavy atom. The molecule has 0 bridgehead atoms. The summed E-state index contributed by atoms with van der Waals surface area (Å²) < 4.78 is 29.2. The fourth-order valence-electron chi connectivity index (χ4n) is 1.64. The number of carbonyl (C=O) groups is 1. The lowest BCUT2D eigenvalue weighted by Crippen LogP contribution is -2.14. The minimum atomic E-state index is -2.95. The smallest absolute Gasteiger partial charge is 0.387 e. The molecule has 0 spiro atoms. The molecule has 2 aromatic rings. The largest absolute Gasteiger partial charge is 0.433 e. The number of halogens is 4. The number of thioether (sulfide) groups is 1. The van der Waals surface area contributed by atoms with Gasteiger partial charge in [-0.05, 0) is 30.3 Å². The summed E-state index contributed by atoms with van der Waals surface area (Å²) in [7, 11) is 0. The second kappa shape index (κ2) is 8.73. The summed E-state index contributed by atoms with van der Waals surface area (Å²) in [5.41, 5.74) is 0.418. The second-order valence-electron chi connectivity index (χ2n) is 4.27. The van der Waals surface area contributed by atoms with Gasteiger partial charge in [0.1, 0.15) is 5.75 Å². The van der Waals surface area contributed by atoms with Gasteiger partial charge in [-0.3, -0.25) is 4.79 Å². The van der Waals surface area contributed by atoms with Crippen molar-refractivity contribution >= 4 is 57.9 Å². The topological polar surface area (TPSA) is 38.3 Å². The van der Waals surface area contributed by atoms with Crippen LogP contribution >= 0.6 is 46.3 Å². The third kappa shape index (κ3) is 6.18. The number of carbonyl (C=O) groups excluding carboxylic acids is 1. The Bertz CT molecular complexity index is 683. The van der Waals surface area contributed by atoms with E-state index in [-0.39, 0.29) is 22.4 Å². The van der Waals surface area contributed by atoms with Crippen LogP contribution in [0.3, 0.4) is 0 Å². The number of hydrogen-bond donors (Lipinski definition) is 1. The number of hydrogen-bond acceptors (Lipinski definition) is 4. The van der Waals surface area contributed by atoms with Gasteiger partial charge in [0.2, 0.25) is 5.91 Å². The van der Waals surface area contributed by atoms with Crippen molar-refractivity contribution in [3.05, 3.63) is 44.6 Å². The first-order valence-electron chi connectivity index (χ1n) is 6.30. The van der Waals surface area contributed by atoms with Gasteiger partial charge in [-0.2, -0.15) is 8.78 Å². The van der Waals surface area contributed by atoms with Crippen molar-refractivity contribution < 1.29 is 18.3 Å². The van der Waals surface area contributed by atoms with Gasteiger partial charge >= 0.3 is 6.61 Å². The van der Waals surface area contributed by atoms with Crippen LogP contribution in [0.2, 0.25) is 9.36 Å². The molecule has 0 aliphatic rings. The third-order valence-electron chi connectivity index (χ3n) is 2.54. The van der Waals surface area contributed by atoms with Gasteiger partial charge < -0.3 is 10.1 Å². The first kappa shape index (κ1) is 18.3. The molecule has 0 unspecified atom stereocenters. The maximum Gasteiger partial charge on any atom is 0.387 e. The molecule has 0 radical (unpaired) electrons. The van der Waals surface area contributed by atoms with Crippen molar-refractivity contribution in [2.45, 2.75) is 12.4 Å². The lowest BCUT2D eigenvalue weighted by molar-refractivity contribution is -0.113. The molecule has 1 aromatic heterocycles. The summed E-state index contributed by atoms with van der Waals surface area (Å²) in [6.45, 7) is -2.95.